The van der Waals surface area contributed by atoms with Crippen LogP contribution >= 0.6 is 0 Å². The van der Waals surface area contributed by atoms with E-state index in [-0.39, 0.29) is 0 Å². The standard InChI is InChI=1S/C19H23NO3/c1-14-18(20-19(23-14)16-5-3-2-4-6-16)11-12-22-17-9-7-15(13-21)8-10-17/h7-10,13,16H,2-6,11-12H2,1H3. The van der Waals surface area contributed by atoms with Crippen LogP contribution in [0.3, 0.4) is 0 Å². The summed E-state index contributed by atoms with van der Waals surface area (Å²) in [4.78, 5) is 15.3. The first kappa shape index (κ1) is 15.8. The second-order valence-electron chi connectivity index (χ2n) is 6.18. The van der Waals surface area contributed by atoms with Gasteiger partial charge in [-0.3, -0.25) is 4.79 Å². The van der Waals surface area contributed by atoms with E-state index in [1.165, 1.54) is 32.1 Å². The summed E-state index contributed by atoms with van der Waals surface area (Å²) in [6.45, 7) is 2.53. The van der Waals surface area contributed by atoms with Crippen molar-refractivity contribution in [1.29, 1.82) is 0 Å². The molecule has 1 aliphatic rings. The lowest BCUT2D eigenvalue weighted by Crippen LogP contribution is -2.06. The van der Waals surface area contributed by atoms with E-state index in [1.807, 2.05) is 19.1 Å². The maximum atomic E-state index is 10.6. The fourth-order valence-electron chi connectivity index (χ4n) is 3.11. The molecule has 1 aromatic carbocycles. The number of aldehydes is 1. The molecule has 1 fully saturated rings. The number of oxazole rings is 1. The minimum atomic E-state index is 0.494. The van der Waals surface area contributed by atoms with Gasteiger partial charge in [-0.25, -0.2) is 4.98 Å². The molecule has 0 atom stereocenters. The summed E-state index contributed by atoms with van der Waals surface area (Å²) < 4.78 is 11.6. The Labute approximate surface area is 136 Å². The zero-order chi connectivity index (χ0) is 16.1. The van der Waals surface area contributed by atoms with Gasteiger partial charge in [0, 0.05) is 17.9 Å². The van der Waals surface area contributed by atoms with Crippen LogP contribution in [0, 0.1) is 6.92 Å². The van der Waals surface area contributed by atoms with Gasteiger partial charge in [-0.15, -0.1) is 0 Å². The van der Waals surface area contributed by atoms with E-state index < -0.39 is 0 Å². The summed E-state index contributed by atoms with van der Waals surface area (Å²) in [6, 6.07) is 7.13. The van der Waals surface area contributed by atoms with Gasteiger partial charge in [-0.2, -0.15) is 0 Å². The second-order valence-corrected chi connectivity index (χ2v) is 6.18. The SMILES string of the molecule is Cc1oc(C2CCCCC2)nc1CCOc1ccc(C=O)cc1. The summed E-state index contributed by atoms with van der Waals surface area (Å²) in [5, 5.41) is 0. The molecular formula is C19H23NO3. The molecule has 1 saturated carbocycles. The average Bonchev–Trinajstić information content (AvgIpc) is 2.97. The van der Waals surface area contributed by atoms with Crippen molar-refractivity contribution in [2.75, 3.05) is 6.61 Å². The van der Waals surface area contributed by atoms with E-state index >= 15 is 0 Å². The summed E-state index contributed by atoms with van der Waals surface area (Å²) in [7, 11) is 0. The number of carbonyl (C=O) groups is 1. The first-order valence-electron chi connectivity index (χ1n) is 8.40. The highest BCUT2D eigenvalue weighted by Gasteiger charge is 2.21. The summed E-state index contributed by atoms with van der Waals surface area (Å²) in [5.74, 6) is 3.08. The first-order valence-corrected chi connectivity index (χ1v) is 8.40. The molecule has 1 aliphatic carbocycles. The molecule has 3 rings (SSSR count). The van der Waals surface area contributed by atoms with Gasteiger partial charge in [0.1, 0.15) is 17.8 Å². The van der Waals surface area contributed by atoms with Gasteiger partial charge in [-0.05, 0) is 44.0 Å². The van der Waals surface area contributed by atoms with Crippen molar-refractivity contribution in [1.82, 2.24) is 4.98 Å². The molecule has 4 nitrogen and oxygen atoms in total. The maximum absolute atomic E-state index is 10.6. The van der Waals surface area contributed by atoms with E-state index in [0.29, 0.717) is 18.1 Å². The minimum absolute atomic E-state index is 0.494. The molecule has 0 amide bonds. The number of aromatic nitrogens is 1. The Balaban J connectivity index is 1.55. The summed E-state index contributed by atoms with van der Waals surface area (Å²) >= 11 is 0. The van der Waals surface area contributed by atoms with Gasteiger partial charge in [0.05, 0.1) is 12.3 Å². The molecule has 1 aromatic heterocycles. The number of ether oxygens (including phenoxy) is 1. The fourth-order valence-corrected chi connectivity index (χ4v) is 3.11. The lowest BCUT2D eigenvalue weighted by atomic mass is 9.89. The monoisotopic (exact) mass is 313 g/mol. The lowest BCUT2D eigenvalue weighted by Gasteiger charge is -2.17. The van der Waals surface area contributed by atoms with Crippen LogP contribution in [0.5, 0.6) is 5.75 Å². The first-order chi connectivity index (χ1) is 11.3. The van der Waals surface area contributed by atoms with Crippen LogP contribution in [0.25, 0.3) is 0 Å². The molecule has 0 spiro atoms. The predicted molar refractivity (Wildman–Crippen MR) is 88.1 cm³/mol. The molecule has 0 aliphatic heterocycles. The minimum Gasteiger partial charge on any atom is -0.493 e. The van der Waals surface area contributed by atoms with Crippen molar-refractivity contribution in [2.24, 2.45) is 0 Å². The highest BCUT2D eigenvalue weighted by molar-refractivity contribution is 5.74. The topological polar surface area (TPSA) is 52.3 Å². The van der Waals surface area contributed by atoms with E-state index in [9.17, 15) is 4.79 Å². The third-order valence-corrected chi connectivity index (χ3v) is 4.49. The molecule has 23 heavy (non-hydrogen) atoms. The van der Waals surface area contributed by atoms with E-state index in [1.54, 1.807) is 12.1 Å². The Morgan fingerprint density at radius 2 is 1.96 bits per heavy atom. The van der Waals surface area contributed by atoms with Crippen molar-refractivity contribution in [2.45, 2.75) is 51.4 Å². The van der Waals surface area contributed by atoms with Crippen LogP contribution < -0.4 is 4.74 Å². The van der Waals surface area contributed by atoms with E-state index in [0.717, 1.165) is 35.8 Å². The second kappa shape index (κ2) is 7.44. The summed E-state index contributed by atoms with van der Waals surface area (Å²) in [6.07, 6.45) is 7.84. The van der Waals surface area contributed by atoms with Gasteiger partial charge >= 0.3 is 0 Å². The van der Waals surface area contributed by atoms with Gasteiger partial charge in [0.2, 0.25) is 0 Å². The number of hydrogen-bond donors (Lipinski definition) is 0. The van der Waals surface area contributed by atoms with Crippen LogP contribution in [0.15, 0.2) is 28.7 Å². The molecular weight excluding hydrogens is 290 g/mol. The van der Waals surface area contributed by atoms with Crippen molar-refractivity contribution in [3.63, 3.8) is 0 Å². The third-order valence-electron chi connectivity index (χ3n) is 4.49. The summed E-state index contributed by atoms with van der Waals surface area (Å²) in [5.41, 5.74) is 1.65. The number of nitrogens with zero attached hydrogens (tertiary/aromatic N) is 1. The van der Waals surface area contributed by atoms with Gasteiger partial charge in [-0.1, -0.05) is 19.3 Å². The average molecular weight is 313 g/mol. The maximum Gasteiger partial charge on any atom is 0.197 e. The fraction of sp³-hybridized carbons (Fsp3) is 0.474. The smallest absolute Gasteiger partial charge is 0.197 e. The Kier molecular flexibility index (Phi) is 5.11. The van der Waals surface area contributed by atoms with Gasteiger partial charge in [0.25, 0.3) is 0 Å². The molecule has 0 unspecified atom stereocenters. The highest BCUT2D eigenvalue weighted by atomic mass is 16.5. The van der Waals surface area contributed by atoms with Crippen LogP contribution in [-0.4, -0.2) is 17.9 Å². The van der Waals surface area contributed by atoms with Crippen LogP contribution in [0.4, 0.5) is 0 Å². The molecule has 122 valence electrons. The van der Waals surface area contributed by atoms with Crippen molar-refractivity contribution >= 4 is 6.29 Å². The zero-order valence-corrected chi connectivity index (χ0v) is 13.6. The molecule has 0 N–H and O–H groups in total. The highest BCUT2D eigenvalue weighted by Crippen LogP contribution is 2.33. The zero-order valence-electron chi connectivity index (χ0n) is 13.6. The van der Waals surface area contributed by atoms with Crippen LogP contribution in [0.2, 0.25) is 0 Å². The number of aryl methyl sites for hydroxylation is 1. The third kappa shape index (κ3) is 4.01. The molecule has 4 heteroatoms. The molecule has 2 aromatic rings. The van der Waals surface area contributed by atoms with Crippen molar-refractivity contribution in [3.8, 4) is 5.75 Å². The van der Waals surface area contributed by atoms with E-state index in [4.69, 9.17) is 14.1 Å². The molecule has 0 saturated heterocycles. The molecule has 0 bridgehead atoms. The largest absolute Gasteiger partial charge is 0.493 e. The number of hydrogen-bond acceptors (Lipinski definition) is 4. The lowest BCUT2D eigenvalue weighted by molar-refractivity contribution is 0.112. The van der Waals surface area contributed by atoms with Crippen molar-refractivity contribution < 1.29 is 13.9 Å². The number of rotatable bonds is 6. The van der Waals surface area contributed by atoms with Gasteiger partial charge < -0.3 is 9.15 Å². The normalized spacial score (nSPS) is 15.5. The number of benzene rings is 1. The quantitative estimate of drug-likeness (QED) is 0.739. The van der Waals surface area contributed by atoms with Crippen LogP contribution in [-0.2, 0) is 6.42 Å². The molecule has 0 radical (unpaired) electrons. The predicted octanol–water partition coefficient (Wildman–Crippen LogP) is 4.46. The van der Waals surface area contributed by atoms with Crippen molar-refractivity contribution in [3.05, 3.63) is 47.2 Å². The Morgan fingerprint density at radius 1 is 1.22 bits per heavy atom. The number of carbonyl (C=O) groups excluding carboxylic acids is 1. The Morgan fingerprint density at radius 3 is 2.65 bits per heavy atom. The Hall–Kier alpha value is -2.10. The Bertz CT molecular complexity index is 639. The van der Waals surface area contributed by atoms with E-state index in [2.05, 4.69) is 0 Å². The van der Waals surface area contributed by atoms with Gasteiger partial charge in [0.15, 0.2) is 5.89 Å². The molecule has 1 heterocycles. The van der Waals surface area contributed by atoms with Crippen LogP contribution in [0.1, 0.15) is 65.7 Å².